The number of aryl methyl sites for hydroxylation is 1. The minimum atomic E-state index is 0.599. The molecule has 0 bridgehead atoms. The lowest BCUT2D eigenvalue weighted by atomic mass is 10.1. The fraction of sp³-hybridized carbons (Fsp3) is 0.190. The van der Waals surface area contributed by atoms with Crippen LogP contribution in [-0.4, -0.2) is 23.6 Å². The lowest BCUT2D eigenvalue weighted by Gasteiger charge is -2.11. The van der Waals surface area contributed by atoms with Crippen molar-refractivity contribution in [2.75, 3.05) is 24.3 Å². The molecule has 0 aliphatic rings. The van der Waals surface area contributed by atoms with Crippen LogP contribution in [0.2, 0.25) is 0 Å². The van der Waals surface area contributed by atoms with Gasteiger partial charge in [-0.2, -0.15) is 5.26 Å². The van der Waals surface area contributed by atoms with Crippen molar-refractivity contribution < 1.29 is 4.74 Å². The Labute approximate surface area is 158 Å². The van der Waals surface area contributed by atoms with Gasteiger partial charge in [0.25, 0.3) is 0 Å². The summed E-state index contributed by atoms with van der Waals surface area (Å²) in [4.78, 5) is 8.85. The van der Waals surface area contributed by atoms with E-state index < -0.39 is 0 Å². The third-order valence-electron chi connectivity index (χ3n) is 3.96. The number of hydrogen-bond acceptors (Lipinski definition) is 6. The van der Waals surface area contributed by atoms with Gasteiger partial charge in [0, 0.05) is 18.3 Å². The van der Waals surface area contributed by atoms with Gasteiger partial charge in [-0.1, -0.05) is 18.2 Å². The average Bonchev–Trinajstić information content (AvgIpc) is 2.68. The quantitative estimate of drug-likeness (QED) is 0.662. The van der Waals surface area contributed by atoms with Gasteiger partial charge in [-0.05, 0) is 49.2 Å². The molecule has 0 atom stereocenters. The van der Waals surface area contributed by atoms with Gasteiger partial charge >= 0.3 is 0 Å². The molecule has 2 N–H and O–H groups in total. The number of nitriles is 1. The highest BCUT2D eigenvalue weighted by Gasteiger charge is 2.04. The Morgan fingerprint density at radius 2 is 1.85 bits per heavy atom. The molecule has 6 heteroatoms. The van der Waals surface area contributed by atoms with Crippen molar-refractivity contribution in [1.82, 2.24) is 9.97 Å². The van der Waals surface area contributed by atoms with E-state index in [1.165, 1.54) is 5.56 Å². The van der Waals surface area contributed by atoms with Gasteiger partial charge in [-0.25, -0.2) is 9.97 Å². The van der Waals surface area contributed by atoms with E-state index in [-0.39, 0.29) is 0 Å². The fourth-order valence-electron chi connectivity index (χ4n) is 2.70. The molecule has 0 unspecified atom stereocenters. The molecule has 27 heavy (non-hydrogen) atoms. The standard InChI is InChI=1S/C21H21N5O/c1-15-24-20(23-10-9-16-5-4-8-19(12-16)27-2)13-21(25-15)26-18-7-3-6-17(11-18)14-22/h3-8,11-13H,9-10H2,1-2H3,(H2,23,24,25,26). The van der Waals surface area contributed by atoms with E-state index in [4.69, 9.17) is 10.00 Å². The molecule has 0 aliphatic carbocycles. The molecule has 136 valence electrons. The molecule has 2 aromatic carbocycles. The Kier molecular flexibility index (Phi) is 5.85. The van der Waals surface area contributed by atoms with E-state index in [2.05, 4.69) is 32.7 Å². The number of nitrogens with one attached hydrogen (secondary N) is 2. The van der Waals surface area contributed by atoms with Crippen LogP contribution in [0.4, 0.5) is 17.3 Å². The van der Waals surface area contributed by atoms with Crippen LogP contribution in [0.1, 0.15) is 17.0 Å². The van der Waals surface area contributed by atoms with Gasteiger partial charge < -0.3 is 15.4 Å². The first-order valence-electron chi connectivity index (χ1n) is 8.66. The number of methoxy groups -OCH3 is 1. The van der Waals surface area contributed by atoms with Gasteiger partial charge in [-0.3, -0.25) is 0 Å². The summed E-state index contributed by atoms with van der Waals surface area (Å²) in [7, 11) is 1.67. The second kappa shape index (κ2) is 8.68. The minimum Gasteiger partial charge on any atom is -0.497 e. The summed E-state index contributed by atoms with van der Waals surface area (Å²) < 4.78 is 5.25. The third kappa shape index (κ3) is 5.19. The van der Waals surface area contributed by atoms with Crippen LogP contribution >= 0.6 is 0 Å². The maximum Gasteiger partial charge on any atom is 0.136 e. The average molecular weight is 359 g/mol. The Morgan fingerprint density at radius 3 is 2.67 bits per heavy atom. The lowest BCUT2D eigenvalue weighted by molar-refractivity contribution is 0.414. The molecule has 3 rings (SSSR count). The van der Waals surface area contributed by atoms with Crippen LogP contribution in [0.15, 0.2) is 54.6 Å². The summed E-state index contributed by atoms with van der Waals surface area (Å²) in [6.07, 6.45) is 0.854. The first-order chi connectivity index (χ1) is 13.2. The van der Waals surface area contributed by atoms with Crippen LogP contribution in [-0.2, 0) is 6.42 Å². The van der Waals surface area contributed by atoms with Gasteiger partial charge in [0.15, 0.2) is 0 Å². The van der Waals surface area contributed by atoms with Crippen molar-refractivity contribution in [2.45, 2.75) is 13.3 Å². The molecular formula is C21H21N5O. The molecule has 1 heterocycles. The number of nitrogens with zero attached hydrogens (tertiary/aromatic N) is 3. The number of ether oxygens (including phenoxy) is 1. The summed E-state index contributed by atoms with van der Waals surface area (Å²) in [5, 5.41) is 15.6. The van der Waals surface area contributed by atoms with Crippen LogP contribution in [0.25, 0.3) is 0 Å². The minimum absolute atomic E-state index is 0.599. The Hall–Kier alpha value is -3.59. The van der Waals surface area contributed by atoms with Crippen molar-refractivity contribution in [3.8, 4) is 11.8 Å². The summed E-state index contributed by atoms with van der Waals surface area (Å²) >= 11 is 0. The smallest absolute Gasteiger partial charge is 0.136 e. The normalized spacial score (nSPS) is 10.1. The van der Waals surface area contributed by atoms with Crippen LogP contribution in [0.5, 0.6) is 5.75 Å². The molecule has 0 fully saturated rings. The molecule has 0 amide bonds. The number of rotatable bonds is 7. The lowest BCUT2D eigenvalue weighted by Crippen LogP contribution is -2.08. The molecule has 0 radical (unpaired) electrons. The summed E-state index contributed by atoms with van der Waals surface area (Å²) in [5.74, 6) is 2.96. The van der Waals surface area contributed by atoms with Crippen molar-refractivity contribution >= 4 is 17.3 Å². The number of hydrogen-bond donors (Lipinski definition) is 2. The van der Waals surface area contributed by atoms with E-state index in [0.717, 1.165) is 30.2 Å². The second-order valence-electron chi connectivity index (χ2n) is 6.03. The zero-order valence-corrected chi connectivity index (χ0v) is 15.4. The van der Waals surface area contributed by atoms with Crippen molar-refractivity contribution in [3.63, 3.8) is 0 Å². The molecule has 0 spiro atoms. The van der Waals surface area contributed by atoms with E-state index in [1.54, 1.807) is 19.2 Å². The highest BCUT2D eigenvalue weighted by molar-refractivity contribution is 5.61. The molecular weight excluding hydrogens is 338 g/mol. The van der Waals surface area contributed by atoms with Crippen LogP contribution in [0.3, 0.4) is 0 Å². The highest BCUT2D eigenvalue weighted by atomic mass is 16.5. The van der Waals surface area contributed by atoms with Crippen LogP contribution in [0, 0.1) is 18.3 Å². The van der Waals surface area contributed by atoms with Gasteiger partial charge in [-0.15, -0.1) is 0 Å². The number of aromatic nitrogens is 2. The van der Waals surface area contributed by atoms with E-state index in [1.807, 2.05) is 43.3 Å². The van der Waals surface area contributed by atoms with Gasteiger partial charge in [0.2, 0.25) is 0 Å². The van der Waals surface area contributed by atoms with Crippen molar-refractivity contribution in [1.29, 1.82) is 5.26 Å². The molecule has 0 saturated heterocycles. The van der Waals surface area contributed by atoms with Crippen molar-refractivity contribution in [3.05, 3.63) is 71.5 Å². The third-order valence-corrected chi connectivity index (χ3v) is 3.96. The van der Waals surface area contributed by atoms with Gasteiger partial charge in [0.1, 0.15) is 23.2 Å². The molecule has 0 saturated carbocycles. The number of benzene rings is 2. The zero-order chi connectivity index (χ0) is 19.1. The maximum atomic E-state index is 9.02. The van der Waals surface area contributed by atoms with E-state index >= 15 is 0 Å². The highest BCUT2D eigenvalue weighted by Crippen LogP contribution is 2.19. The Balaban J connectivity index is 1.65. The Morgan fingerprint density at radius 1 is 1.04 bits per heavy atom. The Bertz CT molecular complexity index is 965. The summed E-state index contributed by atoms with van der Waals surface area (Å²) in [6.45, 7) is 2.59. The van der Waals surface area contributed by atoms with E-state index in [0.29, 0.717) is 17.2 Å². The fourth-order valence-corrected chi connectivity index (χ4v) is 2.70. The molecule has 6 nitrogen and oxygen atoms in total. The maximum absolute atomic E-state index is 9.02. The van der Waals surface area contributed by atoms with Gasteiger partial charge in [0.05, 0.1) is 18.7 Å². The topological polar surface area (TPSA) is 82.9 Å². The van der Waals surface area contributed by atoms with Crippen LogP contribution < -0.4 is 15.4 Å². The SMILES string of the molecule is COc1cccc(CCNc2cc(Nc3cccc(C#N)c3)nc(C)n2)c1. The molecule has 1 aromatic heterocycles. The molecule has 0 aliphatic heterocycles. The zero-order valence-electron chi connectivity index (χ0n) is 15.4. The monoisotopic (exact) mass is 359 g/mol. The molecule has 3 aromatic rings. The summed E-state index contributed by atoms with van der Waals surface area (Å²) in [6, 6.07) is 19.3. The van der Waals surface area contributed by atoms with Crippen molar-refractivity contribution in [2.24, 2.45) is 0 Å². The largest absolute Gasteiger partial charge is 0.497 e. The predicted octanol–water partition coefficient (Wildman–Crippen LogP) is 4.06. The predicted molar refractivity (Wildman–Crippen MR) is 106 cm³/mol. The van der Waals surface area contributed by atoms with E-state index in [9.17, 15) is 0 Å². The first kappa shape index (κ1) is 18.2. The number of anilines is 3. The first-order valence-corrected chi connectivity index (χ1v) is 8.66. The summed E-state index contributed by atoms with van der Waals surface area (Å²) in [5.41, 5.74) is 2.61. The second-order valence-corrected chi connectivity index (χ2v) is 6.03.